The summed E-state index contributed by atoms with van der Waals surface area (Å²) >= 11 is 5.91. The zero-order chi connectivity index (χ0) is 13.5. The van der Waals surface area contributed by atoms with E-state index in [2.05, 4.69) is 11.7 Å². The van der Waals surface area contributed by atoms with Crippen molar-refractivity contribution in [2.24, 2.45) is 5.16 Å². The first kappa shape index (κ1) is 14.1. The second kappa shape index (κ2) is 6.66. The summed E-state index contributed by atoms with van der Waals surface area (Å²) in [5.74, 6) is -0.752. The molecule has 0 atom stereocenters. The molecule has 0 aromatic heterocycles. The van der Waals surface area contributed by atoms with Gasteiger partial charge < -0.3 is 14.7 Å². The molecule has 0 bridgehead atoms. The number of nitrogens with zero attached hydrogens (tertiary/aromatic N) is 1. The van der Waals surface area contributed by atoms with Crippen LogP contribution in [-0.4, -0.2) is 30.5 Å². The minimum atomic E-state index is -1.21. The maximum Gasteiger partial charge on any atom is 0.358 e. The van der Waals surface area contributed by atoms with E-state index in [1.807, 2.05) is 0 Å². The van der Waals surface area contributed by atoms with Crippen LogP contribution in [0.1, 0.15) is 5.56 Å². The number of oxime groups is 1. The van der Waals surface area contributed by atoms with Crippen molar-refractivity contribution < 1.29 is 19.5 Å². The van der Waals surface area contributed by atoms with Crippen LogP contribution in [0.5, 0.6) is 5.75 Å². The van der Waals surface area contributed by atoms with Crippen molar-refractivity contribution in [3.63, 3.8) is 0 Å². The molecule has 18 heavy (non-hydrogen) atoms. The Labute approximate surface area is 109 Å². The van der Waals surface area contributed by atoms with Gasteiger partial charge in [-0.15, -0.1) is 0 Å². The van der Waals surface area contributed by atoms with Gasteiger partial charge in [-0.1, -0.05) is 29.4 Å². The van der Waals surface area contributed by atoms with Gasteiger partial charge in [-0.2, -0.15) is 0 Å². The van der Waals surface area contributed by atoms with Gasteiger partial charge in [0.1, 0.15) is 12.4 Å². The maximum absolute atomic E-state index is 11.0. The summed E-state index contributed by atoms with van der Waals surface area (Å²) in [6.07, 6.45) is 1.46. The van der Waals surface area contributed by atoms with Gasteiger partial charge >= 0.3 is 5.97 Å². The normalized spacial score (nSPS) is 10.9. The highest BCUT2D eigenvalue weighted by Crippen LogP contribution is 2.25. The summed E-state index contributed by atoms with van der Waals surface area (Å²) < 4.78 is 4.97. The van der Waals surface area contributed by atoms with Gasteiger partial charge in [-0.05, 0) is 18.2 Å². The van der Waals surface area contributed by atoms with E-state index in [1.165, 1.54) is 25.3 Å². The Morgan fingerprint density at radius 3 is 2.83 bits per heavy atom. The molecule has 0 radical (unpaired) electrons. The van der Waals surface area contributed by atoms with E-state index in [1.54, 1.807) is 6.07 Å². The summed E-state index contributed by atoms with van der Waals surface area (Å²) in [5.41, 5.74) is 0.0961. The summed E-state index contributed by atoms with van der Waals surface area (Å²) in [6.45, 7) is 3.56. The monoisotopic (exact) mass is 269 g/mol. The second-order valence-corrected chi connectivity index (χ2v) is 3.59. The quantitative estimate of drug-likeness (QED) is 0.372. The van der Waals surface area contributed by atoms with Gasteiger partial charge in [0.05, 0.1) is 12.1 Å². The molecule has 5 nitrogen and oxygen atoms in total. The number of aliphatic carboxylic acids is 1. The smallest absolute Gasteiger partial charge is 0.358 e. The van der Waals surface area contributed by atoms with Gasteiger partial charge in [0.2, 0.25) is 0 Å². The average molecular weight is 270 g/mol. The Kier molecular flexibility index (Phi) is 5.20. The third kappa shape index (κ3) is 3.49. The number of ether oxygens (including phenoxy) is 1. The minimum absolute atomic E-state index is 0.126. The number of rotatable bonds is 6. The summed E-state index contributed by atoms with van der Waals surface area (Å²) in [5, 5.41) is 12.9. The van der Waals surface area contributed by atoms with Crippen molar-refractivity contribution in [3.8, 4) is 5.75 Å². The van der Waals surface area contributed by atoms with Crippen LogP contribution < -0.4 is 4.74 Å². The first-order valence-corrected chi connectivity index (χ1v) is 5.36. The molecule has 0 spiro atoms. The van der Waals surface area contributed by atoms with E-state index < -0.39 is 5.97 Å². The molecular weight excluding hydrogens is 258 g/mol. The molecule has 0 heterocycles. The molecule has 0 aliphatic carbocycles. The van der Waals surface area contributed by atoms with Crippen LogP contribution in [0.15, 0.2) is 36.0 Å². The number of carboxylic acid groups (broad SMARTS) is 1. The topological polar surface area (TPSA) is 68.1 Å². The van der Waals surface area contributed by atoms with Crippen molar-refractivity contribution in [2.75, 3.05) is 13.7 Å². The summed E-state index contributed by atoms with van der Waals surface area (Å²) in [4.78, 5) is 15.8. The lowest BCUT2D eigenvalue weighted by atomic mass is 10.1. The first-order valence-electron chi connectivity index (χ1n) is 4.98. The highest BCUT2D eigenvalue weighted by Gasteiger charge is 2.15. The van der Waals surface area contributed by atoms with Crippen LogP contribution in [0.25, 0.3) is 0 Å². The van der Waals surface area contributed by atoms with Crippen molar-refractivity contribution >= 4 is 23.3 Å². The highest BCUT2D eigenvalue weighted by molar-refractivity contribution is 6.43. The standard InChI is InChI=1S/C12H12ClNO4/c1-3-6-18-14-11(12(15)16)8-4-5-10(17-2)9(13)7-8/h3-5,7H,1,6H2,2H3,(H,15,16). The first-order chi connectivity index (χ1) is 8.60. The summed E-state index contributed by atoms with van der Waals surface area (Å²) in [6, 6.07) is 4.54. The predicted molar refractivity (Wildman–Crippen MR) is 68.3 cm³/mol. The van der Waals surface area contributed by atoms with Crippen LogP contribution in [-0.2, 0) is 9.63 Å². The molecule has 6 heteroatoms. The zero-order valence-electron chi connectivity index (χ0n) is 9.72. The Morgan fingerprint density at radius 2 is 2.33 bits per heavy atom. The van der Waals surface area contributed by atoms with Crippen molar-refractivity contribution in [3.05, 3.63) is 41.4 Å². The van der Waals surface area contributed by atoms with Gasteiger partial charge in [-0.3, -0.25) is 0 Å². The number of benzene rings is 1. The highest BCUT2D eigenvalue weighted by atomic mass is 35.5. The molecular formula is C12H12ClNO4. The number of halogens is 1. The number of carbonyl (C=O) groups is 1. The second-order valence-electron chi connectivity index (χ2n) is 3.18. The number of methoxy groups -OCH3 is 1. The fraction of sp³-hybridized carbons (Fsp3) is 0.167. The molecule has 0 fully saturated rings. The van der Waals surface area contributed by atoms with E-state index in [9.17, 15) is 4.79 Å². The Balaban J connectivity index is 3.06. The largest absolute Gasteiger partial charge is 0.495 e. The van der Waals surface area contributed by atoms with E-state index in [0.717, 1.165) is 0 Å². The van der Waals surface area contributed by atoms with Gasteiger partial charge in [0.25, 0.3) is 0 Å². The Bertz CT molecular complexity index is 485. The zero-order valence-corrected chi connectivity index (χ0v) is 10.5. The Hall–Kier alpha value is -2.01. The minimum Gasteiger partial charge on any atom is -0.495 e. The van der Waals surface area contributed by atoms with Crippen LogP contribution in [0, 0.1) is 0 Å². The fourth-order valence-electron chi connectivity index (χ4n) is 1.18. The lowest BCUT2D eigenvalue weighted by molar-refractivity contribution is -0.129. The van der Waals surface area contributed by atoms with Crippen LogP contribution >= 0.6 is 11.6 Å². The lowest BCUT2D eigenvalue weighted by Gasteiger charge is -2.06. The Morgan fingerprint density at radius 1 is 1.61 bits per heavy atom. The SMILES string of the molecule is C=CCON=C(C(=O)O)c1ccc(OC)c(Cl)c1. The fourth-order valence-corrected chi connectivity index (χ4v) is 1.44. The van der Waals surface area contributed by atoms with Gasteiger partial charge in [-0.25, -0.2) is 4.79 Å². The molecule has 0 saturated carbocycles. The van der Waals surface area contributed by atoms with Gasteiger partial charge in [0, 0.05) is 5.56 Å². The molecule has 1 N–H and O–H groups in total. The number of hydrogen-bond donors (Lipinski definition) is 1. The van der Waals surface area contributed by atoms with Crippen molar-refractivity contribution in [1.29, 1.82) is 0 Å². The molecule has 0 aliphatic rings. The van der Waals surface area contributed by atoms with Crippen molar-refractivity contribution in [1.82, 2.24) is 0 Å². The third-order valence-corrected chi connectivity index (χ3v) is 2.27. The number of hydrogen-bond acceptors (Lipinski definition) is 4. The van der Waals surface area contributed by atoms with E-state index >= 15 is 0 Å². The molecule has 0 saturated heterocycles. The molecule has 1 rings (SSSR count). The molecule has 1 aromatic rings. The van der Waals surface area contributed by atoms with Gasteiger partial charge in [0.15, 0.2) is 5.71 Å². The molecule has 1 aromatic carbocycles. The number of carboxylic acids is 1. The predicted octanol–water partition coefficient (Wildman–Crippen LogP) is 2.34. The van der Waals surface area contributed by atoms with Crippen LogP contribution in [0.3, 0.4) is 0 Å². The molecule has 0 amide bonds. The average Bonchev–Trinajstić information content (AvgIpc) is 2.34. The van der Waals surface area contributed by atoms with E-state index in [0.29, 0.717) is 16.3 Å². The maximum atomic E-state index is 11.0. The van der Waals surface area contributed by atoms with E-state index in [4.69, 9.17) is 26.3 Å². The summed E-state index contributed by atoms with van der Waals surface area (Å²) in [7, 11) is 1.47. The van der Waals surface area contributed by atoms with Crippen LogP contribution in [0.4, 0.5) is 0 Å². The van der Waals surface area contributed by atoms with Crippen molar-refractivity contribution in [2.45, 2.75) is 0 Å². The lowest BCUT2D eigenvalue weighted by Crippen LogP contribution is -2.15. The van der Waals surface area contributed by atoms with Crippen LogP contribution in [0.2, 0.25) is 5.02 Å². The molecule has 0 aliphatic heterocycles. The molecule has 96 valence electrons. The molecule has 0 unspecified atom stereocenters. The van der Waals surface area contributed by atoms with E-state index in [-0.39, 0.29) is 12.3 Å². The third-order valence-electron chi connectivity index (χ3n) is 1.98.